The fraction of sp³-hybridized carbons (Fsp3) is 0.222. The molecule has 156 valence electrons. The van der Waals surface area contributed by atoms with Gasteiger partial charge in [-0.05, 0) is 53.8 Å². The third-order valence-electron chi connectivity index (χ3n) is 3.43. The van der Waals surface area contributed by atoms with Gasteiger partial charge in [-0.1, -0.05) is 5.16 Å². The highest BCUT2D eigenvalue weighted by molar-refractivity contribution is 14.1. The Hall–Kier alpha value is -2.38. The number of anilines is 2. The van der Waals surface area contributed by atoms with Gasteiger partial charge in [0.15, 0.2) is 11.6 Å². The molecule has 0 saturated carbocycles. The molecular formula is C18H17F3IN3O4. The van der Waals surface area contributed by atoms with Gasteiger partial charge in [-0.25, -0.2) is 18.7 Å². The van der Waals surface area contributed by atoms with Crippen LogP contribution >= 0.6 is 22.6 Å². The van der Waals surface area contributed by atoms with Crippen molar-refractivity contribution in [3.63, 3.8) is 0 Å². The van der Waals surface area contributed by atoms with Crippen LogP contribution in [0.1, 0.15) is 22.8 Å². The molecule has 2 aromatic rings. The summed E-state index contributed by atoms with van der Waals surface area (Å²) in [5, 5.41) is 14.5. The van der Waals surface area contributed by atoms with Crippen molar-refractivity contribution in [2.75, 3.05) is 25.1 Å². The smallest absolute Gasteiger partial charge is 0.277 e. The van der Waals surface area contributed by atoms with Gasteiger partial charge in [-0.15, -0.1) is 0 Å². The van der Waals surface area contributed by atoms with E-state index in [-0.39, 0.29) is 31.1 Å². The summed E-state index contributed by atoms with van der Waals surface area (Å²) < 4.78 is 44.0. The maximum Gasteiger partial charge on any atom is 0.277 e. The van der Waals surface area contributed by atoms with Crippen molar-refractivity contribution in [2.45, 2.75) is 6.92 Å². The number of hydrogen-bond donors (Lipinski definition) is 3. The predicted octanol–water partition coefficient (Wildman–Crippen LogP) is 3.48. The first-order valence-electron chi connectivity index (χ1n) is 8.31. The molecule has 0 bridgehead atoms. The number of carbonyl (C=O) groups is 1. The van der Waals surface area contributed by atoms with E-state index in [4.69, 9.17) is 9.94 Å². The van der Waals surface area contributed by atoms with Gasteiger partial charge in [0.25, 0.3) is 5.91 Å². The van der Waals surface area contributed by atoms with Crippen LogP contribution in [0.15, 0.2) is 29.4 Å². The molecule has 0 aromatic heterocycles. The van der Waals surface area contributed by atoms with E-state index in [2.05, 4.69) is 20.8 Å². The van der Waals surface area contributed by atoms with E-state index in [1.165, 1.54) is 12.1 Å². The molecule has 2 rings (SSSR count). The predicted molar refractivity (Wildman–Crippen MR) is 108 cm³/mol. The van der Waals surface area contributed by atoms with Crippen molar-refractivity contribution >= 4 is 46.1 Å². The largest absolute Gasteiger partial charge is 0.393 e. The Morgan fingerprint density at radius 3 is 2.69 bits per heavy atom. The molecule has 0 atom stereocenters. The Labute approximate surface area is 178 Å². The number of nitrogens with one attached hydrogen (secondary N) is 2. The number of carbonyl (C=O) groups excluding carboxylic acids is 1. The lowest BCUT2D eigenvalue weighted by atomic mass is 10.1. The highest BCUT2D eigenvalue weighted by Gasteiger charge is 2.23. The summed E-state index contributed by atoms with van der Waals surface area (Å²) in [5.41, 5.74) is 0.609. The number of nitrogens with zero attached hydrogens (tertiary/aromatic N) is 1. The van der Waals surface area contributed by atoms with Crippen molar-refractivity contribution in [1.29, 1.82) is 0 Å². The van der Waals surface area contributed by atoms with Crippen LogP contribution in [-0.2, 0) is 9.68 Å². The van der Waals surface area contributed by atoms with Gasteiger partial charge in [-0.2, -0.15) is 0 Å². The van der Waals surface area contributed by atoms with Gasteiger partial charge < -0.3 is 15.3 Å². The summed E-state index contributed by atoms with van der Waals surface area (Å²) >= 11 is 1.90. The van der Waals surface area contributed by atoms with Crippen LogP contribution in [0.25, 0.3) is 0 Å². The molecule has 3 N–H and O–H groups in total. The minimum Gasteiger partial charge on any atom is -0.393 e. The lowest BCUT2D eigenvalue weighted by Gasteiger charge is -2.15. The van der Waals surface area contributed by atoms with Gasteiger partial charge in [0.2, 0.25) is 0 Å². The molecule has 0 spiro atoms. The topological polar surface area (TPSA) is 92.2 Å². The van der Waals surface area contributed by atoms with Gasteiger partial charge in [0, 0.05) is 9.13 Å². The molecule has 2 aromatic carbocycles. The monoisotopic (exact) mass is 523 g/mol. The second kappa shape index (κ2) is 11.0. The molecular weight excluding hydrogens is 506 g/mol. The van der Waals surface area contributed by atoms with Gasteiger partial charge in [0.1, 0.15) is 12.4 Å². The van der Waals surface area contributed by atoms with E-state index in [0.29, 0.717) is 3.57 Å². The maximum atomic E-state index is 14.8. The van der Waals surface area contributed by atoms with Crippen LogP contribution in [0, 0.1) is 21.0 Å². The minimum absolute atomic E-state index is 0.132. The van der Waals surface area contributed by atoms with Crippen LogP contribution in [-0.4, -0.2) is 37.0 Å². The molecule has 11 heteroatoms. The first-order chi connectivity index (χ1) is 13.9. The van der Waals surface area contributed by atoms with Crippen molar-refractivity contribution < 1.29 is 32.7 Å². The van der Waals surface area contributed by atoms with E-state index in [9.17, 15) is 18.0 Å². The van der Waals surface area contributed by atoms with Crippen LogP contribution in [0.2, 0.25) is 0 Å². The number of amides is 1. The van der Waals surface area contributed by atoms with E-state index in [1.54, 1.807) is 13.0 Å². The second-order valence-electron chi connectivity index (χ2n) is 5.42. The molecule has 0 saturated heterocycles. The number of aliphatic hydroxyl groups is 1. The van der Waals surface area contributed by atoms with Crippen LogP contribution in [0.3, 0.4) is 0 Å². The Morgan fingerprint density at radius 2 is 2.03 bits per heavy atom. The number of oxime groups is 1. The SMILES string of the molecule is CCONC(=O)c1cc(/C=N/OCCO)c(F)c(F)c1Nc1ccc(I)cc1F. The summed E-state index contributed by atoms with van der Waals surface area (Å²) in [7, 11) is 0. The summed E-state index contributed by atoms with van der Waals surface area (Å²) in [6, 6.07) is 5.08. The lowest BCUT2D eigenvalue weighted by Crippen LogP contribution is -2.25. The quantitative estimate of drug-likeness (QED) is 0.203. The zero-order valence-electron chi connectivity index (χ0n) is 15.1. The summed E-state index contributed by atoms with van der Waals surface area (Å²) in [4.78, 5) is 21.8. The molecule has 0 unspecified atom stereocenters. The fourth-order valence-corrected chi connectivity index (χ4v) is 2.60. The Morgan fingerprint density at radius 1 is 1.28 bits per heavy atom. The molecule has 1 amide bonds. The zero-order valence-corrected chi connectivity index (χ0v) is 17.3. The Balaban J connectivity index is 2.50. The molecule has 29 heavy (non-hydrogen) atoms. The Bertz CT molecular complexity index is 912. The maximum absolute atomic E-state index is 14.8. The average molecular weight is 523 g/mol. The Kier molecular flexibility index (Phi) is 8.67. The second-order valence-corrected chi connectivity index (χ2v) is 6.67. The summed E-state index contributed by atoms with van der Waals surface area (Å²) in [6.45, 7) is 1.28. The highest BCUT2D eigenvalue weighted by Crippen LogP contribution is 2.30. The molecule has 0 fully saturated rings. The first-order valence-corrected chi connectivity index (χ1v) is 9.39. The van der Waals surface area contributed by atoms with Crippen molar-refractivity contribution in [1.82, 2.24) is 5.48 Å². The first kappa shape index (κ1) is 22.9. The molecule has 0 heterocycles. The summed E-state index contributed by atoms with van der Waals surface area (Å²) in [6.07, 6.45) is 0.848. The van der Waals surface area contributed by atoms with Crippen molar-refractivity contribution in [3.8, 4) is 0 Å². The average Bonchev–Trinajstić information content (AvgIpc) is 2.70. The fourth-order valence-electron chi connectivity index (χ4n) is 2.15. The van der Waals surface area contributed by atoms with Gasteiger partial charge in [0.05, 0.1) is 36.4 Å². The number of hydrogen-bond acceptors (Lipinski definition) is 6. The number of hydroxylamine groups is 1. The van der Waals surface area contributed by atoms with Crippen LogP contribution in [0.4, 0.5) is 24.5 Å². The number of aliphatic hydroxyl groups excluding tert-OH is 1. The lowest BCUT2D eigenvalue weighted by molar-refractivity contribution is 0.0365. The van der Waals surface area contributed by atoms with Crippen LogP contribution in [0.5, 0.6) is 0 Å². The zero-order chi connectivity index (χ0) is 21.4. The number of halogens is 4. The van der Waals surface area contributed by atoms with Crippen LogP contribution < -0.4 is 10.8 Å². The van der Waals surface area contributed by atoms with Gasteiger partial charge >= 0.3 is 0 Å². The molecule has 7 nitrogen and oxygen atoms in total. The third-order valence-corrected chi connectivity index (χ3v) is 4.10. The molecule has 0 aliphatic carbocycles. The van der Waals surface area contributed by atoms with E-state index < -0.39 is 34.6 Å². The van der Waals surface area contributed by atoms with Gasteiger partial charge in [-0.3, -0.25) is 9.63 Å². The van der Waals surface area contributed by atoms with Crippen molar-refractivity contribution in [2.24, 2.45) is 5.16 Å². The molecule has 0 aliphatic heterocycles. The van der Waals surface area contributed by atoms with E-state index in [0.717, 1.165) is 12.3 Å². The van der Waals surface area contributed by atoms with E-state index in [1.807, 2.05) is 22.6 Å². The standard InChI is InChI=1S/C18H17F3IN3O4/c1-2-28-25-18(27)12-7-10(9-23-29-6-5-26)15(20)16(21)17(12)24-14-4-3-11(22)8-13(14)19/h3-4,7-9,24,26H,2,5-6H2,1H3,(H,25,27)/b23-9+. The molecule has 0 aliphatic rings. The van der Waals surface area contributed by atoms with Crippen molar-refractivity contribution in [3.05, 3.63) is 56.4 Å². The molecule has 0 radical (unpaired) electrons. The highest BCUT2D eigenvalue weighted by atomic mass is 127. The minimum atomic E-state index is -1.42. The third kappa shape index (κ3) is 6.05. The van der Waals surface area contributed by atoms with E-state index >= 15 is 0 Å². The number of rotatable bonds is 9. The normalized spacial score (nSPS) is 11.0. The number of benzene rings is 2. The summed E-state index contributed by atoms with van der Waals surface area (Å²) in [5.74, 6) is -4.35.